The van der Waals surface area contributed by atoms with E-state index in [1.165, 1.54) is 18.4 Å². The third-order valence-corrected chi connectivity index (χ3v) is 3.54. The number of benzene rings is 1. The van der Waals surface area contributed by atoms with Crippen molar-refractivity contribution in [1.82, 2.24) is 5.32 Å². The monoisotopic (exact) mass is 283 g/mol. The van der Waals surface area contributed by atoms with Crippen molar-refractivity contribution in [3.63, 3.8) is 0 Å². The van der Waals surface area contributed by atoms with Gasteiger partial charge in [0.2, 0.25) is 0 Å². The van der Waals surface area contributed by atoms with E-state index in [4.69, 9.17) is 4.74 Å². The van der Waals surface area contributed by atoms with Gasteiger partial charge in [-0.05, 0) is 37.5 Å². The highest BCUT2D eigenvalue weighted by molar-refractivity contribution is 9.10. The minimum absolute atomic E-state index is 0.389. The number of ether oxygens (including phenoxy) is 1. The van der Waals surface area contributed by atoms with Gasteiger partial charge >= 0.3 is 0 Å². The molecule has 2 rings (SSSR count). The summed E-state index contributed by atoms with van der Waals surface area (Å²) in [4.78, 5) is 0. The van der Waals surface area contributed by atoms with E-state index < -0.39 is 0 Å². The van der Waals surface area contributed by atoms with Crippen molar-refractivity contribution in [2.75, 3.05) is 13.2 Å². The van der Waals surface area contributed by atoms with Crippen molar-refractivity contribution in [1.29, 1.82) is 0 Å². The predicted octanol–water partition coefficient (Wildman–Crippen LogP) is 3.28. The average Bonchev–Trinajstić information content (AvgIpc) is 2.31. The van der Waals surface area contributed by atoms with Gasteiger partial charge in [-0.2, -0.15) is 0 Å². The van der Waals surface area contributed by atoms with Crippen LogP contribution in [-0.4, -0.2) is 19.3 Å². The van der Waals surface area contributed by atoms with E-state index in [9.17, 15) is 0 Å². The van der Waals surface area contributed by atoms with Crippen LogP contribution in [0.1, 0.15) is 31.4 Å². The molecule has 1 aromatic carbocycles. The zero-order valence-corrected chi connectivity index (χ0v) is 11.2. The van der Waals surface area contributed by atoms with E-state index >= 15 is 0 Å². The lowest BCUT2D eigenvalue weighted by Gasteiger charge is -2.27. The Morgan fingerprint density at radius 1 is 1.38 bits per heavy atom. The smallest absolute Gasteiger partial charge is 0.0619 e. The molecule has 0 aliphatic carbocycles. The van der Waals surface area contributed by atoms with Crippen molar-refractivity contribution < 1.29 is 4.74 Å². The van der Waals surface area contributed by atoms with Crippen LogP contribution in [0.4, 0.5) is 0 Å². The first kappa shape index (κ1) is 12.1. The molecule has 0 spiro atoms. The van der Waals surface area contributed by atoms with Gasteiger partial charge in [-0.25, -0.2) is 0 Å². The van der Waals surface area contributed by atoms with Crippen molar-refractivity contribution in [3.8, 4) is 0 Å². The normalized spacial score (nSPS) is 23.0. The molecule has 0 bridgehead atoms. The highest BCUT2D eigenvalue weighted by atomic mass is 79.9. The summed E-state index contributed by atoms with van der Waals surface area (Å²) in [6.07, 6.45) is 2.39. The van der Waals surface area contributed by atoms with Gasteiger partial charge in [-0.15, -0.1) is 0 Å². The van der Waals surface area contributed by atoms with Crippen LogP contribution >= 0.6 is 15.9 Å². The maximum atomic E-state index is 5.47. The number of halogens is 1. The van der Waals surface area contributed by atoms with Crippen LogP contribution in [0.3, 0.4) is 0 Å². The molecule has 1 saturated heterocycles. The Bertz CT molecular complexity index is 319. The third-order valence-electron chi connectivity index (χ3n) is 3.02. The standard InChI is InChI=1S/C13H18BrNO/c1-10(11-4-6-12(14)7-5-11)15-13-3-2-8-16-9-13/h4-7,10,13,15H,2-3,8-9H2,1H3/t10-,13?/m1/s1. The Labute approximate surface area is 106 Å². The number of nitrogens with one attached hydrogen (secondary N) is 1. The molecule has 1 heterocycles. The molecule has 0 amide bonds. The molecule has 1 aromatic rings. The van der Waals surface area contributed by atoms with E-state index in [1.807, 2.05) is 0 Å². The molecule has 1 unspecified atom stereocenters. The van der Waals surface area contributed by atoms with E-state index in [-0.39, 0.29) is 0 Å². The van der Waals surface area contributed by atoms with Gasteiger partial charge in [-0.1, -0.05) is 28.1 Å². The summed E-state index contributed by atoms with van der Waals surface area (Å²) >= 11 is 3.45. The van der Waals surface area contributed by atoms with Crippen LogP contribution in [0.15, 0.2) is 28.7 Å². The summed E-state index contributed by atoms with van der Waals surface area (Å²) in [6.45, 7) is 3.98. The van der Waals surface area contributed by atoms with E-state index in [0.717, 1.165) is 17.7 Å². The molecule has 0 radical (unpaired) electrons. The molecule has 1 N–H and O–H groups in total. The fraction of sp³-hybridized carbons (Fsp3) is 0.538. The lowest BCUT2D eigenvalue weighted by molar-refractivity contribution is 0.0671. The van der Waals surface area contributed by atoms with Crippen LogP contribution in [-0.2, 0) is 4.74 Å². The molecule has 0 aromatic heterocycles. The first-order valence-electron chi connectivity index (χ1n) is 5.85. The zero-order chi connectivity index (χ0) is 11.4. The molecular formula is C13H18BrNO. The Hall–Kier alpha value is -0.380. The maximum Gasteiger partial charge on any atom is 0.0619 e. The largest absolute Gasteiger partial charge is 0.380 e. The molecule has 1 aliphatic heterocycles. The van der Waals surface area contributed by atoms with Crippen LogP contribution in [0.25, 0.3) is 0 Å². The topological polar surface area (TPSA) is 21.3 Å². The maximum absolute atomic E-state index is 5.47. The van der Waals surface area contributed by atoms with E-state index in [2.05, 4.69) is 52.4 Å². The Kier molecular flexibility index (Phi) is 4.38. The fourth-order valence-corrected chi connectivity index (χ4v) is 2.34. The Balaban J connectivity index is 1.91. The van der Waals surface area contributed by atoms with E-state index in [1.54, 1.807) is 0 Å². The predicted molar refractivity (Wildman–Crippen MR) is 69.5 cm³/mol. The van der Waals surface area contributed by atoms with Gasteiger partial charge in [0.1, 0.15) is 0 Å². The van der Waals surface area contributed by atoms with E-state index in [0.29, 0.717) is 12.1 Å². The molecule has 2 nitrogen and oxygen atoms in total. The minimum atomic E-state index is 0.389. The lowest BCUT2D eigenvalue weighted by Crippen LogP contribution is -2.38. The molecule has 0 saturated carbocycles. The fourth-order valence-electron chi connectivity index (χ4n) is 2.07. The summed E-state index contributed by atoms with van der Waals surface area (Å²) in [5, 5.41) is 3.61. The van der Waals surface area contributed by atoms with Gasteiger partial charge in [0.05, 0.1) is 6.61 Å². The minimum Gasteiger partial charge on any atom is -0.380 e. The first-order valence-corrected chi connectivity index (χ1v) is 6.64. The number of hydrogen-bond donors (Lipinski definition) is 1. The zero-order valence-electron chi connectivity index (χ0n) is 9.58. The second-order valence-electron chi connectivity index (χ2n) is 4.35. The van der Waals surface area contributed by atoms with Crippen LogP contribution in [0.5, 0.6) is 0 Å². The highest BCUT2D eigenvalue weighted by Gasteiger charge is 2.16. The van der Waals surface area contributed by atoms with Gasteiger partial charge in [0.25, 0.3) is 0 Å². The SMILES string of the molecule is C[C@@H](NC1CCCOC1)c1ccc(Br)cc1. The first-order chi connectivity index (χ1) is 7.75. The van der Waals surface area contributed by atoms with Crippen LogP contribution in [0.2, 0.25) is 0 Å². The molecule has 2 atom stereocenters. The Morgan fingerprint density at radius 2 is 2.12 bits per heavy atom. The second-order valence-corrected chi connectivity index (χ2v) is 5.27. The quantitative estimate of drug-likeness (QED) is 0.919. The lowest BCUT2D eigenvalue weighted by atomic mass is 10.1. The van der Waals surface area contributed by atoms with Gasteiger partial charge in [-0.3, -0.25) is 0 Å². The van der Waals surface area contributed by atoms with Crippen LogP contribution in [0, 0.1) is 0 Å². The number of hydrogen-bond acceptors (Lipinski definition) is 2. The molecular weight excluding hydrogens is 266 g/mol. The van der Waals surface area contributed by atoms with Crippen molar-refractivity contribution in [2.45, 2.75) is 31.8 Å². The van der Waals surface area contributed by atoms with Gasteiger partial charge in [0.15, 0.2) is 0 Å². The summed E-state index contributed by atoms with van der Waals surface area (Å²) in [5.41, 5.74) is 1.33. The molecule has 3 heteroatoms. The van der Waals surface area contributed by atoms with Gasteiger partial charge in [0, 0.05) is 23.2 Å². The van der Waals surface area contributed by atoms with Crippen molar-refractivity contribution in [2.24, 2.45) is 0 Å². The highest BCUT2D eigenvalue weighted by Crippen LogP contribution is 2.18. The van der Waals surface area contributed by atoms with Crippen molar-refractivity contribution in [3.05, 3.63) is 34.3 Å². The summed E-state index contributed by atoms with van der Waals surface area (Å²) in [6, 6.07) is 9.39. The average molecular weight is 284 g/mol. The third kappa shape index (κ3) is 3.30. The van der Waals surface area contributed by atoms with Crippen LogP contribution < -0.4 is 5.32 Å². The van der Waals surface area contributed by atoms with Crippen molar-refractivity contribution >= 4 is 15.9 Å². The molecule has 16 heavy (non-hydrogen) atoms. The number of rotatable bonds is 3. The molecule has 1 fully saturated rings. The molecule has 1 aliphatic rings. The second kappa shape index (κ2) is 5.80. The summed E-state index contributed by atoms with van der Waals surface area (Å²) in [5.74, 6) is 0. The van der Waals surface area contributed by atoms with Gasteiger partial charge < -0.3 is 10.1 Å². The Morgan fingerprint density at radius 3 is 2.75 bits per heavy atom. The summed E-state index contributed by atoms with van der Waals surface area (Å²) < 4.78 is 6.60. The summed E-state index contributed by atoms with van der Waals surface area (Å²) in [7, 11) is 0. The molecule has 88 valence electrons.